The Bertz CT molecular complexity index is 522. The van der Waals surface area contributed by atoms with Crippen LogP contribution in [0.4, 0.5) is 4.79 Å². The van der Waals surface area contributed by atoms with Gasteiger partial charge in [-0.2, -0.15) is 0 Å². The van der Waals surface area contributed by atoms with Crippen molar-refractivity contribution < 1.29 is 19.1 Å². The first-order valence-corrected chi connectivity index (χ1v) is 5.23. The summed E-state index contributed by atoms with van der Waals surface area (Å²) in [6.45, 7) is 4.72. The smallest absolute Gasteiger partial charge is 0.361 e. The largest absolute Gasteiger partial charge is 0.457 e. The Labute approximate surface area is 108 Å². The molecule has 102 valence electrons. The Kier molecular flexibility index (Phi) is 4.75. The second kappa shape index (κ2) is 6.28. The maximum Gasteiger partial charge on any atom is 0.361 e. The van der Waals surface area contributed by atoms with Crippen LogP contribution >= 0.6 is 0 Å². The average molecular weight is 267 g/mol. The van der Waals surface area contributed by atoms with E-state index in [0.717, 1.165) is 4.68 Å². The van der Waals surface area contributed by atoms with Crippen molar-refractivity contribution in [1.82, 2.24) is 20.3 Å². The molecule has 0 aliphatic carbocycles. The molecule has 0 radical (unpaired) electrons. The molecule has 1 rings (SSSR count). The van der Waals surface area contributed by atoms with Crippen molar-refractivity contribution in [2.45, 2.75) is 13.5 Å². The second-order valence-corrected chi connectivity index (χ2v) is 3.48. The predicted molar refractivity (Wildman–Crippen MR) is 63.0 cm³/mol. The van der Waals surface area contributed by atoms with Gasteiger partial charge < -0.3 is 10.5 Å². The first-order chi connectivity index (χ1) is 8.95. The number of primary amides is 1. The van der Waals surface area contributed by atoms with E-state index in [1.54, 1.807) is 6.92 Å². The van der Waals surface area contributed by atoms with Crippen molar-refractivity contribution in [3.63, 3.8) is 0 Å². The number of rotatable bonds is 5. The van der Waals surface area contributed by atoms with Gasteiger partial charge in [0, 0.05) is 0 Å². The SMILES string of the molecule is C=CCOC(=O)c1nnn(CC(=O)NC(N)=O)c1C. The van der Waals surface area contributed by atoms with E-state index in [-0.39, 0.29) is 18.8 Å². The molecule has 0 aliphatic heterocycles. The molecule has 0 atom stereocenters. The summed E-state index contributed by atoms with van der Waals surface area (Å²) < 4.78 is 5.95. The van der Waals surface area contributed by atoms with Crippen LogP contribution in [0.15, 0.2) is 12.7 Å². The number of nitrogens with one attached hydrogen (secondary N) is 1. The molecule has 9 heteroatoms. The van der Waals surface area contributed by atoms with Crippen LogP contribution in [0, 0.1) is 6.92 Å². The molecular weight excluding hydrogens is 254 g/mol. The number of amides is 3. The lowest BCUT2D eigenvalue weighted by atomic mass is 10.3. The van der Waals surface area contributed by atoms with Gasteiger partial charge in [0.25, 0.3) is 0 Å². The Morgan fingerprint density at radius 3 is 2.79 bits per heavy atom. The van der Waals surface area contributed by atoms with Gasteiger partial charge in [0.2, 0.25) is 5.91 Å². The molecule has 0 spiro atoms. The molecule has 0 fully saturated rings. The van der Waals surface area contributed by atoms with Crippen LogP contribution in [0.25, 0.3) is 0 Å². The van der Waals surface area contributed by atoms with Crippen LogP contribution in [-0.2, 0) is 16.1 Å². The molecule has 1 heterocycles. The Balaban J connectivity index is 2.75. The fraction of sp³-hybridized carbons (Fsp3) is 0.300. The fourth-order valence-electron chi connectivity index (χ4n) is 1.22. The zero-order valence-electron chi connectivity index (χ0n) is 10.3. The standard InChI is InChI=1S/C10H13N5O4/c1-3-4-19-9(17)8-6(2)15(14-13-8)5-7(16)12-10(11)18/h3H,1,4-5H2,2H3,(H3,11,12,16,18). The summed E-state index contributed by atoms with van der Waals surface area (Å²) in [5.41, 5.74) is 5.13. The molecule has 1 aromatic heterocycles. The predicted octanol–water partition coefficient (Wildman–Crippen LogP) is -0.876. The monoisotopic (exact) mass is 267 g/mol. The summed E-state index contributed by atoms with van der Waals surface area (Å²) in [4.78, 5) is 33.3. The number of carbonyl (C=O) groups excluding carboxylic acids is 3. The molecule has 1 aromatic rings. The second-order valence-electron chi connectivity index (χ2n) is 3.48. The molecule has 0 aromatic carbocycles. The van der Waals surface area contributed by atoms with Gasteiger partial charge >= 0.3 is 12.0 Å². The van der Waals surface area contributed by atoms with Gasteiger partial charge in [-0.05, 0) is 6.92 Å². The Morgan fingerprint density at radius 2 is 2.21 bits per heavy atom. The molecular formula is C10H13N5O4. The first kappa shape index (κ1) is 14.4. The normalized spacial score (nSPS) is 9.74. The Morgan fingerprint density at radius 1 is 1.53 bits per heavy atom. The van der Waals surface area contributed by atoms with Crippen molar-refractivity contribution in [3.8, 4) is 0 Å². The highest BCUT2D eigenvalue weighted by Gasteiger charge is 2.19. The summed E-state index contributed by atoms with van der Waals surface area (Å²) in [7, 11) is 0. The zero-order valence-corrected chi connectivity index (χ0v) is 10.3. The van der Waals surface area contributed by atoms with Gasteiger partial charge in [0.15, 0.2) is 5.69 Å². The third-order valence-electron chi connectivity index (χ3n) is 2.06. The summed E-state index contributed by atoms with van der Waals surface area (Å²) in [6.07, 6.45) is 1.41. The number of ether oxygens (including phenoxy) is 1. The number of hydrogen-bond acceptors (Lipinski definition) is 6. The number of imide groups is 1. The zero-order chi connectivity index (χ0) is 14.4. The van der Waals surface area contributed by atoms with Crippen molar-refractivity contribution in [3.05, 3.63) is 24.0 Å². The number of esters is 1. The third-order valence-corrected chi connectivity index (χ3v) is 2.06. The first-order valence-electron chi connectivity index (χ1n) is 5.23. The highest BCUT2D eigenvalue weighted by atomic mass is 16.5. The summed E-state index contributed by atoms with van der Waals surface area (Å²) >= 11 is 0. The lowest BCUT2D eigenvalue weighted by Gasteiger charge is -2.03. The Hall–Kier alpha value is -2.71. The minimum Gasteiger partial charge on any atom is -0.457 e. The van der Waals surface area contributed by atoms with Crippen LogP contribution < -0.4 is 11.1 Å². The maximum atomic E-state index is 11.5. The number of urea groups is 1. The van der Waals surface area contributed by atoms with Gasteiger partial charge in [-0.1, -0.05) is 17.9 Å². The molecule has 3 amide bonds. The topological polar surface area (TPSA) is 129 Å². The molecule has 0 unspecified atom stereocenters. The van der Waals surface area contributed by atoms with Gasteiger partial charge in [-0.25, -0.2) is 14.3 Å². The summed E-state index contributed by atoms with van der Waals surface area (Å²) in [5.74, 6) is -1.33. The van der Waals surface area contributed by atoms with E-state index in [2.05, 4.69) is 16.9 Å². The van der Waals surface area contributed by atoms with Crippen LogP contribution in [-0.4, -0.2) is 39.5 Å². The molecule has 0 aliphatic rings. The van der Waals surface area contributed by atoms with Crippen LogP contribution in [0.1, 0.15) is 16.2 Å². The summed E-state index contributed by atoms with van der Waals surface area (Å²) in [5, 5.41) is 9.10. The molecule has 19 heavy (non-hydrogen) atoms. The lowest BCUT2D eigenvalue weighted by Crippen LogP contribution is -2.37. The molecule has 3 N–H and O–H groups in total. The molecule has 0 saturated heterocycles. The van der Waals surface area contributed by atoms with Crippen LogP contribution in [0.2, 0.25) is 0 Å². The van der Waals surface area contributed by atoms with Gasteiger partial charge in [0.1, 0.15) is 13.2 Å². The maximum absolute atomic E-state index is 11.5. The number of hydrogen-bond donors (Lipinski definition) is 2. The van der Waals surface area contributed by atoms with E-state index in [9.17, 15) is 14.4 Å². The van der Waals surface area contributed by atoms with Crippen LogP contribution in [0.3, 0.4) is 0 Å². The quantitative estimate of drug-likeness (QED) is 0.526. The third kappa shape index (κ3) is 3.91. The molecule has 9 nitrogen and oxygen atoms in total. The van der Waals surface area contributed by atoms with Gasteiger partial charge in [0.05, 0.1) is 5.69 Å². The minimum atomic E-state index is -0.964. The van der Waals surface area contributed by atoms with Crippen molar-refractivity contribution in [1.29, 1.82) is 0 Å². The van der Waals surface area contributed by atoms with E-state index in [0.29, 0.717) is 5.69 Å². The van der Waals surface area contributed by atoms with E-state index < -0.39 is 17.9 Å². The van der Waals surface area contributed by atoms with Gasteiger partial charge in [-0.3, -0.25) is 10.1 Å². The van der Waals surface area contributed by atoms with Crippen molar-refractivity contribution in [2.75, 3.05) is 6.61 Å². The highest BCUT2D eigenvalue weighted by molar-refractivity contribution is 5.93. The lowest BCUT2D eigenvalue weighted by molar-refractivity contribution is -0.120. The number of nitrogens with two attached hydrogens (primary N) is 1. The number of nitrogens with zero attached hydrogens (tertiary/aromatic N) is 3. The van der Waals surface area contributed by atoms with Crippen molar-refractivity contribution in [2.24, 2.45) is 5.73 Å². The minimum absolute atomic E-state index is 0.00581. The van der Waals surface area contributed by atoms with E-state index >= 15 is 0 Å². The van der Waals surface area contributed by atoms with Crippen molar-refractivity contribution >= 4 is 17.9 Å². The van der Waals surface area contributed by atoms with E-state index in [4.69, 9.17) is 10.5 Å². The number of aromatic nitrogens is 3. The molecule has 0 bridgehead atoms. The molecule has 0 saturated carbocycles. The summed E-state index contributed by atoms with van der Waals surface area (Å²) in [6, 6.07) is -0.964. The number of carbonyl (C=O) groups is 3. The van der Waals surface area contributed by atoms with E-state index in [1.807, 2.05) is 5.32 Å². The van der Waals surface area contributed by atoms with Gasteiger partial charge in [-0.15, -0.1) is 5.10 Å². The average Bonchev–Trinajstić information content (AvgIpc) is 2.67. The van der Waals surface area contributed by atoms with E-state index in [1.165, 1.54) is 6.08 Å². The fourth-order valence-corrected chi connectivity index (χ4v) is 1.22. The van der Waals surface area contributed by atoms with Crippen LogP contribution in [0.5, 0.6) is 0 Å². The highest BCUT2D eigenvalue weighted by Crippen LogP contribution is 2.05.